The summed E-state index contributed by atoms with van der Waals surface area (Å²) in [5.41, 5.74) is 2.73. The van der Waals surface area contributed by atoms with Crippen LogP contribution >= 0.6 is 0 Å². The number of aliphatic carboxylic acids is 1. The fourth-order valence-electron chi connectivity index (χ4n) is 4.77. The summed E-state index contributed by atoms with van der Waals surface area (Å²) in [6, 6.07) is 4.20. The van der Waals surface area contributed by atoms with Crippen molar-refractivity contribution in [2.75, 3.05) is 6.61 Å². The molecule has 1 aromatic carbocycles. The van der Waals surface area contributed by atoms with Crippen molar-refractivity contribution in [1.29, 1.82) is 0 Å². The Kier molecular flexibility index (Phi) is 4.26. The first-order valence-electron chi connectivity index (χ1n) is 10.0. The lowest BCUT2D eigenvalue weighted by atomic mass is 9.65. The van der Waals surface area contributed by atoms with E-state index in [4.69, 9.17) is 10.6 Å². The Morgan fingerprint density at radius 3 is 2.38 bits per heavy atom. The second-order valence-electron chi connectivity index (χ2n) is 9.23. The maximum Gasteiger partial charge on any atom is 0.323 e. The number of carbonyl (C=O) groups is 1. The third-order valence-electron chi connectivity index (χ3n) is 6.53. The molecule has 0 saturated carbocycles. The second kappa shape index (κ2) is 6.34. The molecule has 0 radical (unpaired) electrons. The molecule has 152 valence electrons. The van der Waals surface area contributed by atoms with Crippen LogP contribution in [-0.2, 0) is 15.6 Å². The second-order valence-corrected chi connectivity index (χ2v) is 9.23. The van der Waals surface area contributed by atoms with Crippen molar-refractivity contribution < 1.29 is 14.6 Å². The van der Waals surface area contributed by atoms with Crippen LogP contribution < -0.4 is 10.6 Å². The molecular formula is C24H28N2O3. The van der Waals surface area contributed by atoms with E-state index in [1.807, 2.05) is 12.2 Å². The molecule has 1 heterocycles. The van der Waals surface area contributed by atoms with Crippen LogP contribution in [0, 0.1) is 5.41 Å². The van der Waals surface area contributed by atoms with Crippen LogP contribution in [0.4, 0.5) is 0 Å². The Labute approximate surface area is 171 Å². The minimum absolute atomic E-state index is 0.121. The van der Waals surface area contributed by atoms with Gasteiger partial charge in [0, 0.05) is 16.4 Å². The number of hydrogen-bond acceptors (Lipinski definition) is 4. The first kappa shape index (κ1) is 19.5. The molecule has 4 rings (SSSR count). The van der Waals surface area contributed by atoms with Crippen molar-refractivity contribution in [3.8, 4) is 5.75 Å². The molecule has 1 aromatic rings. The first-order chi connectivity index (χ1) is 13.6. The zero-order valence-electron chi connectivity index (χ0n) is 17.5. The first-order valence-corrected chi connectivity index (χ1v) is 10.0. The number of ether oxygens (including phenoxy) is 1. The van der Waals surface area contributed by atoms with Crippen LogP contribution in [0.25, 0.3) is 5.57 Å². The zero-order valence-corrected chi connectivity index (χ0v) is 17.5. The summed E-state index contributed by atoms with van der Waals surface area (Å²) in [5.74, 6) is 5.41. The van der Waals surface area contributed by atoms with E-state index in [0.717, 1.165) is 17.7 Å². The minimum Gasteiger partial charge on any atom is -0.489 e. The van der Waals surface area contributed by atoms with Crippen LogP contribution in [0.15, 0.2) is 47.6 Å². The van der Waals surface area contributed by atoms with Gasteiger partial charge in [0.05, 0.1) is 5.71 Å². The molecule has 3 N–H and O–H groups in total. The lowest BCUT2D eigenvalue weighted by Crippen LogP contribution is -2.42. The Bertz CT molecular complexity index is 1010. The van der Waals surface area contributed by atoms with Crippen molar-refractivity contribution >= 4 is 17.3 Å². The van der Waals surface area contributed by atoms with E-state index < -0.39 is 11.4 Å². The number of allylic oxidation sites excluding steroid dienone is 3. The summed E-state index contributed by atoms with van der Waals surface area (Å²) in [4.78, 5) is 12.6. The molecule has 29 heavy (non-hydrogen) atoms. The molecule has 0 spiro atoms. The Hall–Kier alpha value is -2.82. The van der Waals surface area contributed by atoms with Gasteiger partial charge in [0.15, 0.2) is 5.41 Å². The Morgan fingerprint density at radius 1 is 1.10 bits per heavy atom. The number of rotatable bonds is 2. The summed E-state index contributed by atoms with van der Waals surface area (Å²) >= 11 is 0. The number of nitrogens with two attached hydrogens (primary N) is 1. The third-order valence-corrected chi connectivity index (χ3v) is 6.53. The van der Waals surface area contributed by atoms with Gasteiger partial charge in [-0.3, -0.25) is 4.79 Å². The summed E-state index contributed by atoms with van der Waals surface area (Å²) < 4.78 is 5.98. The van der Waals surface area contributed by atoms with Crippen molar-refractivity contribution in [2.24, 2.45) is 16.4 Å². The van der Waals surface area contributed by atoms with Crippen LogP contribution in [0.5, 0.6) is 5.75 Å². The number of benzene rings is 1. The van der Waals surface area contributed by atoms with Crippen LogP contribution in [0.3, 0.4) is 0 Å². The number of carboxylic acid groups (broad SMARTS) is 1. The van der Waals surface area contributed by atoms with Gasteiger partial charge in [-0.05, 0) is 47.8 Å². The highest BCUT2D eigenvalue weighted by Crippen LogP contribution is 2.50. The molecule has 0 aromatic heterocycles. The summed E-state index contributed by atoms with van der Waals surface area (Å²) in [5, 5.41) is 14.2. The van der Waals surface area contributed by atoms with Gasteiger partial charge in [0.1, 0.15) is 12.4 Å². The number of hydrogen-bond donors (Lipinski definition) is 2. The van der Waals surface area contributed by atoms with E-state index in [9.17, 15) is 9.90 Å². The van der Waals surface area contributed by atoms with Crippen LogP contribution in [0.2, 0.25) is 0 Å². The maximum atomic E-state index is 12.6. The summed E-state index contributed by atoms with van der Waals surface area (Å²) in [6.45, 7) is 9.05. The third kappa shape index (κ3) is 2.75. The quantitative estimate of drug-likeness (QED) is 0.446. The van der Waals surface area contributed by atoms with Crippen LogP contribution in [0.1, 0.15) is 57.2 Å². The van der Waals surface area contributed by atoms with Crippen LogP contribution in [-0.4, -0.2) is 23.4 Å². The Balaban J connectivity index is 1.99. The lowest BCUT2D eigenvalue weighted by Gasteiger charge is -2.40. The van der Waals surface area contributed by atoms with Gasteiger partial charge in [0.2, 0.25) is 0 Å². The lowest BCUT2D eigenvalue weighted by molar-refractivity contribution is -0.140. The molecule has 5 nitrogen and oxygen atoms in total. The normalized spacial score (nSPS) is 27.6. The molecule has 0 amide bonds. The highest BCUT2D eigenvalue weighted by molar-refractivity contribution is 6.19. The topological polar surface area (TPSA) is 84.9 Å². The SMILES string of the molecule is CC1(C)C=CC(C)(C)c2cc3c(cc21)OCC=C3C1(C(=O)O)C=CCCC1=NN. The Morgan fingerprint density at radius 2 is 1.76 bits per heavy atom. The van der Waals surface area contributed by atoms with Crippen molar-refractivity contribution in [1.82, 2.24) is 0 Å². The molecule has 3 aliphatic rings. The van der Waals surface area contributed by atoms with E-state index in [-0.39, 0.29) is 10.8 Å². The number of carboxylic acids is 1. The predicted octanol–water partition coefficient (Wildman–Crippen LogP) is 4.32. The van der Waals surface area contributed by atoms with E-state index in [1.165, 1.54) is 11.1 Å². The van der Waals surface area contributed by atoms with Crippen molar-refractivity contribution in [3.05, 3.63) is 59.2 Å². The van der Waals surface area contributed by atoms with Gasteiger partial charge < -0.3 is 15.7 Å². The van der Waals surface area contributed by atoms with Gasteiger partial charge in [-0.15, -0.1) is 0 Å². The van der Waals surface area contributed by atoms with Gasteiger partial charge in [0.25, 0.3) is 0 Å². The van der Waals surface area contributed by atoms with Gasteiger partial charge in [-0.25, -0.2) is 0 Å². The summed E-state index contributed by atoms with van der Waals surface area (Å²) in [7, 11) is 0. The monoisotopic (exact) mass is 392 g/mol. The fraction of sp³-hybridized carbons (Fsp3) is 0.417. The molecule has 0 fully saturated rings. The maximum absolute atomic E-state index is 12.6. The summed E-state index contributed by atoms with van der Waals surface area (Å²) in [6.07, 6.45) is 11.2. The molecule has 0 saturated heterocycles. The molecule has 5 heteroatoms. The van der Waals surface area contributed by atoms with E-state index in [1.54, 1.807) is 6.08 Å². The van der Waals surface area contributed by atoms with E-state index in [0.29, 0.717) is 24.3 Å². The largest absolute Gasteiger partial charge is 0.489 e. The number of nitrogens with zero attached hydrogens (tertiary/aromatic N) is 1. The number of fused-ring (bicyclic) bond motifs is 2. The highest BCUT2D eigenvalue weighted by Gasteiger charge is 2.48. The molecular weight excluding hydrogens is 364 g/mol. The van der Waals surface area contributed by atoms with Gasteiger partial charge >= 0.3 is 5.97 Å². The van der Waals surface area contributed by atoms with E-state index >= 15 is 0 Å². The average Bonchev–Trinajstić information content (AvgIpc) is 2.70. The molecule has 0 bridgehead atoms. The average molecular weight is 392 g/mol. The standard InChI is InChI=1S/C24H28N2O3/c1-22(2)10-11-23(3,4)18-14-19-15(13-17(18)22)16(8-12-29-19)24(21(27)28)9-6-5-7-20(24)26-25/h6,8-11,13-14H,5,7,12,25H2,1-4H3,(H,27,28). The fourth-order valence-corrected chi connectivity index (χ4v) is 4.77. The molecule has 1 aliphatic heterocycles. The minimum atomic E-state index is -1.36. The van der Waals surface area contributed by atoms with Gasteiger partial charge in [-0.1, -0.05) is 52.0 Å². The molecule has 2 aliphatic carbocycles. The predicted molar refractivity (Wildman–Crippen MR) is 115 cm³/mol. The number of hydrazone groups is 1. The van der Waals surface area contributed by atoms with Gasteiger partial charge in [-0.2, -0.15) is 5.10 Å². The smallest absolute Gasteiger partial charge is 0.323 e. The molecule has 1 atom stereocenters. The zero-order chi connectivity index (χ0) is 21.0. The van der Waals surface area contributed by atoms with E-state index in [2.05, 4.69) is 57.1 Å². The highest BCUT2D eigenvalue weighted by atomic mass is 16.5. The van der Waals surface area contributed by atoms with Crippen molar-refractivity contribution in [2.45, 2.75) is 51.4 Å². The molecule has 1 unspecified atom stereocenters. The van der Waals surface area contributed by atoms with Crippen molar-refractivity contribution in [3.63, 3.8) is 0 Å².